The van der Waals surface area contributed by atoms with Gasteiger partial charge in [-0.2, -0.15) is 0 Å². The van der Waals surface area contributed by atoms with Crippen LogP contribution in [0.25, 0.3) is 11.0 Å². The molecule has 1 amide bonds. The van der Waals surface area contributed by atoms with Crippen molar-refractivity contribution in [2.24, 2.45) is 0 Å². The number of aryl methyl sites for hydroxylation is 1. The Hall–Kier alpha value is -2.27. The number of carbonyl (C=O) groups is 1. The van der Waals surface area contributed by atoms with E-state index in [-0.39, 0.29) is 17.2 Å². The first-order valence-electron chi connectivity index (χ1n) is 8.70. The van der Waals surface area contributed by atoms with Crippen molar-refractivity contribution in [2.45, 2.75) is 42.6 Å². The smallest absolute Gasteiger partial charge is 0.233 e. The molecule has 2 unspecified atom stereocenters. The number of H-pyrrole nitrogens is 1. The Kier molecular flexibility index (Phi) is 4.49. The molecule has 1 heterocycles. The Balaban J connectivity index is 1.44. The highest BCUT2D eigenvalue weighted by atomic mass is 32.2. The number of nitrogens with one attached hydrogen (secondary N) is 2. The monoisotopic (exact) mass is 351 g/mol. The number of hydrogen-bond acceptors (Lipinski definition) is 3. The number of benzene rings is 2. The summed E-state index contributed by atoms with van der Waals surface area (Å²) < 4.78 is 0. The molecule has 2 atom stereocenters. The number of aromatic amines is 1. The van der Waals surface area contributed by atoms with Crippen LogP contribution in [0.3, 0.4) is 0 Å². The van der Waals surface area contributed by atoms with Gasteiger partial charge in [0, 0.05) is 0 Å². The molecule has 0 aliphatic heterocycles. The summed E-state index contributed by atoms with van der Waals surface area (Å²) in [6.45, 7) is 1.93. The third kappa shape index (κ3) is 3.42. The standard InChI is InChI=1S/C20H21N3OS/c1-13(25-20-22-17-10-4-5-11-18(17)23-20)19(24)21-16-12-6-8-14-7-2-3-9-15(14)16/h2-5,7,9-11,13,16H,6,8,12H2,1H3,(H,21,24)(H,22,23). The number of imidazole rings is 1. The molecule has 2 N–H and O–H groups in total. The zero-order valence-electron chi connectivity index (χ0n) is 14.2. The van der Waals surface area contributed by atoms with Crippen LogP contribution in [-0.4, -0.2) is 21.1 Å². The Morgan fingerprint density at radius 2 is 2.04 bits per heavy atom. The molecule has 128 valence electrons. The lowest BCUT2D eigenvalue weighted by molar-refractivity contribution is -0.121. The highest BCUT2D eigenvalue weighted by Crippen LogP contribution is 2.30. The summed E-state index contributed by atoms with van der Waals surface area (Å²) in [4.78, 5) is 20.5. The summed E-state index contributed by atoms with van der Waals surface area (Å²) in [5.41, 5.74) is 4.55. The molecule has 1 aliphatic carbocycles. The molecule has 0 bridgehead atoms. The van der Waals surface area contributed by atoms with Gasteiger partial charge in [-0.05, 0) is 49.4 Å². The fraction of sp³-hybridized carbons (Fsp3) is 0.300. The van der Waals surface area contributed by atoms with Crippen LogP contribution in [0.2, 0.25) is 0 Å². The maximum atomic E-state index is 12.7. The maximum Gasteiger partial charge on any atom is 0.233 e. The Morgan fingerprint density at radius 1 is 1.24 bits per heavy atom. The van der Waals surface area contributed by atoms with E-state index < -0.39 is 0 Å². The average molecular weight is 351 g/mol. The zero-order chi connectivity index (χ0) is 17.2. The number of carbonyl (C=O) groups excluding carboxylic acids is 1. The number of para-hydroxylation sites is 2. The highest BCUT2D eigenvalue weighted by molar-refractivity contribution is 8.00. The lowest BCUT2D eigenvalue weighted by Crippen LogP contribution is -2.35. The van der Waals surface area contributed by atoms with E-state index in [9.17, 15) is 4.79 Å². The number of amides is 1. The largest absolute Gasteiger partial charge is 0.348 e. The van der Waals surface area contributed by atoms with Gasteiger partial charge < -0.3 is 10.3 Å². The topological polar surface area (TPSA) is 57.8 Å². The number of thioether (sulfide) groups is 1. The van der Waals surface area contributed by atoms with Crippen LogP contribution in [0.15, 0.2) is 53.7 Å². The second-order valence-electron chi connectivity index (χ2n) is 6.47. The lowest BCUT2D eigenvalue weighted by Gasteiger charge is -2.27. The minimum absolute atomic E-state index is 0.0622. The minimum atomic E-state index is -0.199. The van der Waals surface area contributed by atoms with Gasteiger partial charge in [-0.25, -0.2) is 4.98 Å². The number of hydrogen-bond donors (Lipinski definition) is 2. The van der Waals surface area contributed by atoms with Gasteiger partial charge >= 0.3 is 0 Å². The van der Waals surface area contributed by atoms with E-state index in [0.29, 0.717) is 0 Å². The molecule has 1 aromatic heterocycles. The molecule has 3 aromatic rings. The van der Waals surface area contributed by atoms with E-state index in [1.807, 2.05) is 31.2 Å². The van der Waals surface area contributed by atoms with Crippen molar-refractivity contribution in [3.8, 4) is 0 Å². The van der Waals surface area contributed by atoms with Crippen molar-refractivity contribution in [1.29, 1.82) is 0 Å². The van der Waals surface area contributed by atoms with Crippen LogP contribution in [0.5, 0.6) is 0 Å². The first-order valence-corrected chi connectivity index (χ1v) is 9.58. The van der Waals surface area contributed by atoms with Gasteiger partial charge in [-0.1, -0.05) is 48.2 Å². The Morgan fingerprint density at radius 3 is 2.92 bits per heavy atom. The molecule has 0 spiro atoms. The van der Waals surface area contributed by atoms with Gasteiger partial charge in [0.2, 0.25) is 5.91 Å². The van der Waals surface area contributed by atoms with Crippen molar-refractivity contribution < 1.29 is 4.79 Å². The molecule has 0 saturated heterocycles. The summed E-state index contributed by atoms with van der Waals surface area (Å²) in [5, 5.41) is 3.81. The van der Waals surface area contributed by atoms with Crippen molar-refractivity contribution in [3.63, 3.8) is 0 Å². The van der Waals surface area contributed by atoms with Crippen LogP contribution in [0, 0.1) is 0 Å². The fourth-order valence-electron chi connectivity index (χ4n) is 3.40. The molecule has 4 nitrogen and oxygen atoms in total. The maximum absolute atomic E-state index is 12.7. The normalized spacial score (nSPS) is 17.9. The molecule has 5 heteroatoms. The van der Waals surface area contributed by atoms with Crippen LogP contribution in [0.4, 0.5) is 0 Å². The van der Waals surface area contributed by atoms with Gasteiger partial charge in [0.25, 0.3) is 0 Å². The number of rotatable bonds is 4. The molecular formula is C20H21N3OS. The van der Waals surface area contributed by atoms with Crippen molar-refractivity contribution in [3.05, 3.63) is 59.7 Å². The SMILES string of the molecule is CC(Sc1nc2ccccc2[nH]1)C(=O)NC1CCCc2ccccc21. The molecular weight excluding hydrogens is 330 g/mol. The number of nitrogens with zero attached hydrogens (tertiary/aromatic N) is 1. The Bertz CT molecular complexity index is 872. The molecule has 1 aliphatic rings. The molecule has 0 radical (unpaired) electrons. The second kappa shape index (κ2) is 6.92. The quantitative estimate of drug-likeness (QED) is 0.691. The molecule has 4 rings (SSSR count). The van der Waals surface area contributed by atoms with Gasteiger partial charge in [-0.15, -0.1) is 0 Å². The summed E-state index contributed by atoms with van der Waals surface area (Å²) >= 11 is 1.47. The molecule has 2 aromatic carbocycles. The van der Waals surface area contributed by atoms with Gasteiger partial charge in [-0.3, -0.25) is 4.79 Å². The summed E-state index contributed by atoms with van der Waals surface area (Å²) in [5.74, 6) is 0.0622. The van der Waals surface area contributed by atoms with Gasteiger partial charge in [0.05, 0.1) is 22.3 Å². The highest BCUT2D eigenvalue weighted by Gasteiger charge is 2.24. The Labute approximate surface area is 151 Å². The van der Waals surface area contributed by atoms with Gasteiger partial charge in [0.1, 0.15) is 0 Å². The third-order valence-electron chi connectivity index (χ3n) is 4.71. The van der Waals surface area contributed by atoms with E-state index in [4.69, 9.17) is 0 Å². The minimum Gasteiger partial charge on any atom is -0.348 e. The van der Waals surface area contributed by atoms with Crippen molar-refractivity contribution >= 4 is 28.7 Å². The second-order valence-corrected chi connectivity index (χ2v) is 7.80. The first-order chi connectivity index (χ1) is 12.2. The van der Waals surface area contributed by atoms with Crippen molar-refractivity contribution in [2.75, 3.05) is 0 Å². The predicted molar refractivity (Wildman–Crippen MR) is 102 cm³/mol. The zero-order valence-corrected chi connectivity index (χ0v) is 15.0. The first kappa shape index (κ1) is 16.2. The average Bonchev–Trinajstić information content (AvgIpc) is 3.04. The van der Waals surface area contributed by atoms with E-state index in [1.165, 1.54) is 22.9 Å². The van der Waals surface area contributed by atoms with E-state index >= 15 is 0 Å². The number of fused-ring (bicyclic) bond motifs is 2. The molecule has 0 saturated carbocycles. The van der Waals surface area contributed by atoms with Crippen LogP contribution in [0.1, 0.15) is 36.9 Å². The molecule has 0 fully saturated rings. The summed E-state index contributed by atoms with van der Waals surface area (Å²) in [7, 11) is 0. The fourth-order valence-corrected chi connectivity index (χ4v) is 4.23. The summed E-state index contributed by atoms with van der Waals surface area (Å²) in [6.07, 6.45) is 3.23. The number of aromatic nitrogens is 2. The van der Waals surface area contributed by atoms with Crippen LogP contribution >= 0.6 is 11.8 Å². The van der Waals surface area contributed by atoms with Crippen LogP contribution in [-0.2, 0) is 11.2 Å². The third-order valence-corrected chi connectivity index (χ3v) is 5.70. The van der Waals surface area contributed by atoms with Crippen molar-refractivity contribution in [1.82, 2.24) is 15.3 Å². The van der Waals surface area contributed by atoms with Crippen LogP contribution < -0.4 is 5.32 Å². The summed E-state index contributed by atoms with van der Waals surface area (Å²) in [6, 6.07) is 16.5. The van der Waals surface area contributed by atoms with E-state index in [0.717, 1.165) is 35.5 Å². The lowest BCUT2D eigenvalue weighted by atomic mass is 9.88. The van der Waals surface area contributed by atoms with E-state index in [1.54, 1.807) is 0 Å². The molecule has 25 heavy (non-hydrogen) atoms. The predicted octanol–water partition coefficient (Wildman–Crippen LogP) is 4.24. The van der Waals surface area contributed by atoms with E-state index in [2.05, 4.69) is 39.6 Å². The van der Waals surface area contributed by atoms with Gasteiger partial charge in [0.15, 0.2) is 5.16 Å².